The molecule has 0 amide bonds. The van der Waals surface area contributed by atoms with Gasteiger partial charge in [-0.3, -0.25) is 0 Å². The van der Waals surface area contributed by atoms with Crippen molar-refractivity contribution >= 4 is 11.9 Å². The molecular formula is C20H22O4. The van der Waals surface area contributed by atoms with Crippen LogP contribution in [0.1, 0.15) is 41.5 Å². The molecule has 0 aliphatic heterocycles. The van der Waals surface area contributed by atoms with Crippen LogP contribution in [0.2, 0.25) is 0 Å². The van der Waals surface area contributed by atoms with E-state index in [0.717, 1.165) is 0 Å². The molecule has 0 aliphatic carbocycles. The van der Waals surface area contributed by atoms with Crippen molar-refractivity contribution in [3.63, 3.8) is 0 Å². The highest BCUT2D eigenvalue weighted by Gasteiger charge is 2.26. The largest absolute Gasteiger partial charge is 0.459 e. The molecular weight excluding hydrogens is 304 g/mol. The van der Waals surface area contributed by atoms with E-state index in [2.05, 4.69) is 0 Å². The van der Waals surface area contributed by atoms with Crippen molar-refractivity contribution in [2.24, 2.45) is 5.92 Å². The van der Waals surface area contributed by atoms with Crippen molar-refractivity contribution in [3.05, 3.63) is 71.8 Å². The van der Waals surface area contributed by atoms with Crippen LogP contribution in [-0.4, -0.2) is 24.1 Å². The van der Waals surface area contributed by atoms with Crippen molar-refractivity contribution in [1.29, 1.82) is 0 Å². The second kappa shape index (κ2) is 8.29. The summed E-state index contributed by atoms with van der Waals surface area (Å²) < 4.78 is 11.0. The zero-order valence-electron chi connectivity index (χ0n) is 14.1. The van der Waals surface area contributed by atoms with Gasteiger partial charge in [0.05, 0.1) is 11.1 Å². The molecule has 0 aliphatic rings. The molecule has 4 nitrogen and oxygen atoms in total. The first-order valence-electron chi connectivity index (χ1n) is 8.01. The number of hydrogen-bond acceptors (Lipinski definition) is 4. The summed E-state index contributed by atoms with van der Waals surface area (Å²) in [4.78, 5) is 24.2. The van der Waals surface area contributed by atoms with Gasteiger partial charge in [0.25, 0.3) is 0 Å². The van der Waals surface area contributed by atoms with E-state index in [1.165, 1.54) is 0 Å². The zero-order chi connectivity index (χ0) is 17.5. The highest BCUT2D eigenvalue weighted by Crippen LogP contribution is 2.18. The summed E-state index contributed by atoms with van der Waals surface area (Å²) in [5.74, 6) is -0.890. The third-order valence-corrected chi connectivity index (χ3v) is 4.09. The highest BCUT2D eigenvalue weighted by atomic mass is 16.6. The number of hydrogen-bond donors (Lipinski definition) is 0. The lowest BCUT2D eigenvalue weighted by molar-refractivity contribution is -0.0174. The average molecular weight is 326 g/mol. The molecule has 0 fully saturated rings. The van der Waals surface area contributed by atoms with Crippen LogP contribution in [0.5, 0.6) is 0 Å². The van der Waals surface area contributed by atoms with Crippen LogP contribution in [-0.2, 0) is 9.47 Å². The summed E-state index contributed by atoms with van der Waals surface area (Å²) in [7, 11) is 0. The quantitative estimate of drug-likeness (QED) is 0.750. The summed E-state index contributed by atoms with van der Waals surface area (Å²) in [5.41, 5.74) is 1.01. The normalized spacial score (nSPS) is 13.2. The third-order valence-electron chi connectivity index (χ3n) is 4.09. The van der Waals surface area contributed by atoms with E-state index in [-0.39, 0.29) is 30.1 Å². The van der Waals surface area contributed by atoms with Crippen LogP contribution >= 0.6 is 0 Å². The molecule has 0 saturated carbocycles. The smallest absolute Gasteiger partial charge is 0.338 e. The van der Waals surface area contributed by atoms with Gasteiger partial charge in [0.2, 0.25) is 0 Å². The van der Waals surface area contributed by atoms with Crippen LogP contribution in [0, 0.1) is 5.92 Å². The first-order valence-corrected chi connectivity index (χ1v) is 8.01. The fourth-order valence-corrected chi connectivity index (χ4v) is 2.22. The second-order valence-electron chi connectivity index (χ2n) is 5.81. The van der Waals surface area contributed by atoms with Gasteiger partial charge in [-0.2, -0.15) is 0 Å². The molecule has 0 N–H and O–H groups in total. The Morgan fingerprint density at radius 1 is 0.667 bits per heavy atom. The molecule has 2 rings (SSSR count). The topological polar surface area (TPSA) is 52.6 Å². The molecule has 0 aromatic heterocycles. The fraction of sp³-hybridized carbons (Fsp3) is 0.300. The van der Waals surface area contributed by atoms with Crippen molar-refractivity contribution in [3.8, 4) is 0 Å². The van der Waals surface area contributed by atoms with Crippen molar-refractivity contribution in [2.45, 2.75) is 33.0 Å². The summed E-state index contributed by atoms with van der Waals surface area (Å²) in [6.07, 6.45) is -0.757. The van der Waals surface area contributed by atoms with E-state index in [4.69, 9.17) is 9.47 Å². The fourth-order valence-electron chi connectivity index (χ4n) is 2.22. The first-order chi connectivity index (χ1) is 11.5. The summed E-state index contributed by atoms with van der Waals surface area (Å²) in [6, 6.07) is 17.7. The van der Waals surface area contributed by atoms with Crippen LogP contribution in [0.25, 0.3) is 0 Å². The van der Waals surface area contributed by atoms with Gasteiger partial charge in [-0.15, -0.1) is 0 Å². The van der Waals surface area contributed by atoms with Crippen LogP contribution in [0.4, 0.5) is 0 Å². The monoisotopic (exact) mass is 326 g/mol. The Morgan fingerprint density at radius 2 is 1.00 bits per heavy atom. The van der Waals surface area contributed by atoms with E-state index in [9.17, 15) is 9.59 Å². The number of carbonyl (C=O) groups is 2. The Morgan fingerprint density at radius 3 is 1.33 bits per heavy atom. The predicted octanol–water partition coefficient (Wildman–Crippen LogP) is 4.11. The predicted molar refractivity (Wildman–Crippen MR) is 91.8 cm³/mol. The summed E-state index contributed by atoms with van der Waals surface area (Å²) in [5, 5.41) is 0. The minimum absolute atomic E-state index is 0.134. The number of rotatable bonds is 6. The number of esters is 2. The molecule has 4 heteroatoms. The molecule has 0 heterocycles. The van der Waals surface area contributed by atoms with Crippen molar-refractivity contribution < 1.29 is 19.1 Å². The molecule has 0 radical (unpaired) electrons. The van der Waals surface area contributed by atoms with Gasteiger partial charge in [-0.05, 0) is 38.1 Å². The lowest BCUT2D eigenvalue weighted by Crippen LogP contribution is -2.32. The van der Waals surface area contributed by atoms with Crippen molar-refractivity contribution in [1.82, 2.24) is 0 Å². The van der Waals surface area contributed by atoms with Gasteiger partial charge in [-0.25, -0.2) is 9.59 Å². The Balaban J connectivity index is 1.91. The van der Waals surface area contributed by atoms with Crippen molar-refractivity contribution in [2.75, 3.05) is 0 Å². The average Bonchev–Trinajstić information content (AvgIpc) is 2.62. The minimum Gasteiger partial charge on any atom is -0.459 e. The second-order valence-corrected chi connectivity index (χ2v) is 5.81. The molecule has 0 unspecified atom stereocenters. The zero-order valence-corrected chi connectivity index (χ0v) is 14.1. The highest BCUT2D eigenvalue weighted by molar-refractivity contribution is 5.90. The van der Waals surface area contributed by atoms with Gasteiger partial charge in [0, 0.05) is 5.92 Å². The Labute approximate surface area is 142 Å². The Hall–Kier alpha value is -2.62. The summed E-state index contributed by atoms with van der Waals surface area (Å²) in [6.45, 7) is 5.50. The Kier molecular flexibility index (Phi) is 6.13. The molecule has 2 aromatic rings. The third kappa shape index (κ3) is 4.69. The molecule has 0 spiro atoms. The van der Waals surface area contributed by atoms with E-state index in [1.54, 1.807) is 62.4 Å². The van der Waals surface area contributed by atoms with Gasteiger partial charge in [0.1, 0.15) is 12.2 Å². The molecule has 24 heavy (non-hydrogen) atoms. The minimum atomic E-state index is -0.378. The van der Waals surface area contributed by atoms with E-state index >= 15 is 0 Å². The van der Waals surface area contributed by atoms with E-state index < -0.39 is 0 Å². The summed E-state index contributed by atoms with van der Waals surface area (Å²) >= 11 is 0. The van der Waals surface area contributed by atoms with Gasteiger partial charge < -0.3 is 9.47 Å². The molecule has 2 atom stereocenters. The molecule has 0 saturated heterocycles. The Bertz CT molecular complexity index is 607. The first kappa shape index (κ1) is 17.7. The maximum Gasteiger partial charge on any atom is 0.338 e. The van der Waals surface area contributed by atoms with Gasteiger partial charge >= 0.3 is 11.9 Å². The SMILES string of the molecule is CC([C@H](C)OC(=O)c1ccccc1)[C@H](C)OC(=O)c1ccccc1. The lowest BCUT2D eigenvalue weighted by Gasteiger charge is -2.26. The van der Waals surface area contributed by atoms with E-state index in [0.29, 0.717) is 11.1 Å². The molecule has 126 valence electrons. The van der Waals surface area contributed by atoms with E-state index in [1.807, 2.05) is 19.1 Å². The van der Waals surface area contributed by atoms with Crippen LogP contribution < -0.4 is 0 Å². The molecule has 0 bridgehead atoms. The lowest BCUT2D eigenvalue weighted by atomic mass is 10.00. The number of carbonyl (C=O) groups excluding carboxylic acids is 2. The van der Waals surface area contributed by atoms with Crippen LogP contribution in [0.15, 0.2) is 60.7 Å². The van der Waals surface area contributed by atoms with Gasteiger partial charge in [-0.1, -0.05) is 43.3 Å². The standard InChI is InChI=1S/C20H22O4/c1-14(15(2)23-19(21)17-10-6-4-7-11-17)16(3)24-20(22)18-12-8-5-9-13-18/h4-16H,1-3H3/t15-,16-/m0/s1. The maximum absolute atomic E-state index is 12.1. The van der Waals surface area contributed by atoms with Gasteiger partial charge in [0.15, 0.2) is 0 Å². The number of benzene rings is 2. The van der Waals surface area contributed by atoms with Crippen LogP contribution in [0.3, 0.4) is 0 Å². The number of ether oxygens (including phenoxy) is 2. The molecule has 2 aromatic carbocycles. The maximum atomic E-state index is 12.1.